The number of amides is 2. The second-order valence-electron chi connectivity index (χ2n) is 10.0. The Kier molecular flexibility index (Phi) is 10.9. The van der Waals surface area contributed by atoms with Crippen LogP contribution in [0.1, 0.15) is 51.0 Å². The fourth-order valence-electron chi connectivity index (χ4n) is 5.01. The summed E-state index contributed by atoms with van der Waals surface area (Å²) in [6.45, 7) is 1.10. The lowest BCUT2D eigenvalue weighted by Gasteiger charge is -2.34. The van der Waals surface area contributed by atoms with Gasteiger partial charge in [0.05, 0.1) is 25.4 Å². The van der Waals surface area contributed by atoms with Gasteiger partial charge in [-0.25, -0.2) is 8.42 Å². The molecule has 3 rings (SSSR count). The molecular weight excluding hydrogens is 552 g/mol. The first-order chi connectivity index (χ1) is 19.5. The van der Waals surface area contributed by atoms with Crippen molar-refractivity contribution in [1.29, 1.82) is 0 Å². The number of anilines is 1. The SMILES string of the molecule is CC[C@@H](C(=O)NC1CCCCC1)N(Cc1cccc(OC)c1)C(=O)CN(c1cc([N+](=O)[O-])ccc1OC)S(C)(=O)=O. The number of non-ortho nitro benzene ring substituents is 1. The molecular formula is C28H38N4O8S. The maximum Gasteiger partial charge on any atom is 0.271 e. The summed E-state index contributed by atoms with van der Waals surface area (Å²) < 4.78 is 37.3. The summed E-state index contributed by atoms with van der Waals surface area (Å²) in [5.74, 6) is -0.365. The van der Waals surface area contributed by atoms with Crippen LogP contribution in [0, 0.1) is 10.1 Å². The number of nitro benzene ring substituents is 1. The van der Waals surface area contributed by atoms with Gasteiger partial charge in [0.2, 0.25) is 21.8 Å². The summed E-state index contributed by atoms with van der Waals surface area (Å²) in [7, 11) is -1.30. The summed E-state index contributed by atoms with van der Waals surface area (Å²) >= 11 is 0. The molecule has 12 nitrogen and oxygen atoms in total. The first kappa shape index (κ1) is 31.7. The van der Waals surface area contributed by atoms with Crippen molar-refractivity contribution < 1.29 is 32.4 Å². The molecule has 2 aromatic carbocycles. The first-order valence-corrected chi connectivity index (χ1v) is 15.4. The van der Waals surface area contributed by atoms with Crippen LogP contribution >= 0.6 is 0 Å². The minimum absolute atomic E-state index is 0.0102. The van der Waals surface area contributed by atoms with Gasteiger partial charge in [0.1, 0.15) is 29.8 Å². The highest BCUT2D eigenvalue weighted by Crippen LogP contribution is 2.34. The topological polar surface area (TPSA) is 148 Å². The van der Waals surface area contributed by atoms with Crippen LogP contribution in [-0.2, 0) is 26.2 Å². The molecule has 0 bridgehead atoms. The van der Waals surface area contributed by atoms with Crippen molar-refractivity contribution in [3.8, 4) is 11.5 Å². The van der Waals surface area contributed by atoms with Gasteiger partial charge in [0.25, 0.3) is 5.69 Å². The Morgan fingerprint density at radius 3 is 2.39 bits per heavy atom. The Labute approximate surface area is 240 Å². The average molecular weight is 591 g/mol. The van der Waals surface area contributed by atoms with E-state index in [-0.39, 0.29) is 42.0 Å². The van der Waals surface area contributed by atoms with E-state index in [2.05, 4.69) is 5.32 Å². The number of nitro groups is 1. The minimum atomic E-state index is -4.12. The van der Waals surface area contributed by atoms with E-state index in [9.17, 15) is 28.1 Å². The van der Waals surface area contributed by atoms with Gasteiger partial charge >= 0.3 is 0 Å². The second-order valence-corrected chi connectivity index (χ2v) is 11.9. The Bertz CT molecular complexity index is 1340. The molecule has 224 valence electrons. The van der Waals surface area contributed by atoms with Crippen LogP contribution < -0.4 is 19.1 Å². The number of sulfonamides is 1. The van der Waals surface area contributed by atoms with Crippen molar-refractivity contribution in [2.24, 2.45) is 0 Å². The number of rotatable bonds is 13. The fourth-order valence-corrected chi connectivity index (χ4v) is 5.86. The normalized spacial score (nSPS) is 14.5. The molecule has 0 aliphatic heterocycles. The maximum absolute atomic E-state index is 14.0. The predicted octanol–water partition coefficient (Wildman–Crippen LogP) is 3.63. The third-order valence-electron chi connectivity index (χ3n) is 7.15. The third kappa shape index (κ3) is 8.32. The Morgan fingerprint density at radius 1 is 1.10 bits per heavy atom. The highest BCUT2D eigenvalue weighted by atomic mass is 32.2. The standard InChI is InChI=1S/C28H38N4O8S/c1-5-24(28(34)29-21-11-7-6-8-12-21)30(18-20-10-9-13-23(16-20)39-2)27(33)19-31(41(4,37)38)25-17-22(32(35)36)14-15-26(25)40-3/h9-10,13-17,21,24H,5-8,11-12,18-19H2,1-4H3,(H,29,34)/t24-/m0/s1. The van der Waals surface area contributed by atoms with Crippen molar-refractivity contribution in [3.63, 3.8) is 0 Å². The van der Waals surface area contributed by atoms with Crippen molar-refractivity contribution in [2.45, 2.75) is 64.1 Å². The van der Waals surface area contributed by atoms with Gasteiger partial charge in [-0.2, -0.15) is 0 Å². The predicted molar refractivity (Wildman–Crippen MR) is 154 cm³/mol. The summed E-state index contributed by atoms with van der Waals surface area (Å²) in [5.41, 5.74) is 0.160. The number of nitrogens with zero attached hydrogens (tertiary/aromatic N) is 3. The molecule has 13 heteroatoms. The highest BCUT2D eigenvalue weighted by Gasteiger charge is 2.34. The second kappa shape index (κ2) is 14.2. The number of methoxy groups -OCH3 is 2. The van der Waals surface area contributed by atoms with E-state index in [1.54, 1.807) is 31.2 Å². The van der Waals surface area contributed by atoms with Crippen molar-refractivity contribution >= 4 is 33.2 Å². The Hall–Kier alpha value is -3.87. The molecule has 0 radical (unpaired) electrons. The van der Waals surface area contributed by atoms with E-state index >= 15 is 0 Å². The lowest BCUT2D eigenvalue weighted by atomic mass is 9.95. The number of hydrogen-bond acceptors (Lipinski definition) is 8. The third-order valence-corrected chi connectivity index (χ3v) is 8.27. The van der Waals surface area contributed by atoms with Crippen LogP contribution in [-0.4, -0.2) is 69.2 Å². The van der Waals surface area contributed by atoms with Gasteiger partial charge in [-0.1, -0.05) is 38.3 Å². The molecule has 0 saturated heterocycles. The monoisotopic (exact) mass is 590 g/mol. The lowest BCUT2D eigenvalue weighted by molar-refractivity contribution is -0.384. The van der Waals surface area contributed by atoms with Crippen molar-refractivity contribution in [1.82, 2.24) is 10.2 Å². The van der Waals surface area contributed by atoms with Crippen molar-refractivity contribution in [2.75, 3.05) is 31.3 Å². The lowest BCUT2D eigenvalue weighted by Crippen LogP contribution is -2.54. The quantitative estimate of drug-likeness (QED) is 0.275. The molecule has 1 atom stereocenters. The smallest absolute Gasteiger partial charge is 0.271 e. The number of benzene rings is 2. The molecule has 0 aromatic heterocycles. The number of ether oxygens (including phenoxy) is 2. The van der Waals surface area contributed by atoms with Crippen molar-refractivity contribution in [3.05, 3.63) is 58.1 Å². The van der Waals surface area contributed by atoms with Crippen LogP contribution in [0.3, 0.4) is 0 Å². The van der Waals surface area contributed by atoms with Crippen LogP contribution in [0.15, 0.2) is 42.5 Å². The Balaban J connectivity index is 2.01. The summed E-state index contributed by atoms with van der Waals surface area (Å²) in [4.78, 5) is 39.6. The molecule has 1 aliphatic carbocycles. The maximum atomic E-state index is 14.0. The van der Waals surface area contributed by atoms with E-state index in [1.807, 2.05) is 0 Å². The van der Waals surface area contributed by atoms with Gasteiger partial charge in [0, 0.05) is 24.7 Å². The van der Waals surface area contributed by atoms with Crippen LogP contribution in [0.2, 0.25) is 0 Å². The van der Waals surface area contributed by atoms with Crippen LogP contribution in [0.4, 0.5) is 11.4 Å². The average Bonchev–Trinajstić information content (AvgIpc) is 2.95. The van der Waals surface area contributed by atoms with Gasteiger partial charge in [-0.05, 0) is 43.0 Å². The molecule has 0 heterocycles. The largest absolute Gasteiger partial charge is 0.497 e. The van der Waals surface area contributed by atoms with E-state index in [0.717, 1.165) is 48.7 Å². The van der Waals surface area contributed by atoms with E-state index in [0.29, 0.717) is 11.3 Å². The van der Waals surface area contributed by atoms with E-state index < -0.39 is 33.4 Å². The summed E-state index contributed by atoms with van der Waals surface area (Å²) in [6, 6.07) is 9.67. The molecule has 0 unspecified atom stereocenters. The zero-order chi connectivity index (χ0) is 30.2. The number of carbonyl (C=O) groups excluding carboxylic acids is 2. The number of carbonyl (C=O) groups is 2. The molecule has 1 aliphatic rings. The highest BCUT2D eigenvalue weighted by molar-refractivity contribution is 7.92. The number of nitrogens with one attached hydrogen (secondary N) is 1. The van der Waals surface area contributed by atoms with Crippen LogP contribution in [0.25, 0.3) is 0 Å². The molecule has 0 spiro atoms. The molecule has 1 saturated carbocycles. The zero-order valence-corrected chi connectivity index (χ0v) is 24.7. The van der Waals surface area contributed by atoms with Gasteiger partial charge < -0.3 is 19.7 Å². The zero-order valence-electron chi connectivity index (χ0n) is 23.9. The summed E-state index contributed by atoms with van der Waals surface area (Å²) in [5, 5.41) is 14.5. The van der Waals surface area contributed by atoms with E-state index in [1.165, 1.54) is 31.3 Å². The summed E-state index contributed by atoms with van der Waals surface area (Å²) in [6.07, 6.45) is 6.06. The first-order valence-electron chi connectivity index (χ1n) is 13.5. The molecule has 1 fully saturated rings. The fraction of sp³-hybridized carbons (Fsp3) is 0.500. The minimum Gasteiger partial charge on any atom is -0.497 e. The molecule has 41 heavy (non-hydrogen) atoms. The molecule has 2 amide bonds. The van der Waals surface area contributed by atoms with Gasteiger partial charge in [-0.3, -0.25) is 24.0 Å². The Morgan fingerprint density at radius 2 is 1.80 bits per heavy atom. The molecule has 2 aromatic rings. The van der Waals surface area contributed by atoms with Gasteiger partial charge in [-0.15, -0.1) is 0 Å². The van der Waals surface area contributed by atoms with E-state index in [4.69, 9.17) is 9.47 Å². The number of hydrogen-bond donors (Lipinski definition) is 1. The van der Waals surface area contributed by atoms with Gasteiger partial charge in [0.15, 0.2) is 0 Å². The molecule has 1 N–H and O–H groups in total. The van der Waals surface area contributed by atoms with Crippen LogP contribution in [0.5, 0.6) is 11.5 Å².